The van der Waals surface area contributed by atoms with Gasteiger partial charge in [0.2, 0.25) is 11.8 Å². The number of carbonyl (C=O) groups excluding carboxylic acids is 2. The molecule has 0 saturated carbocycles. The van der Waals surface area contributed by atoms with Gasteiger partial charge < -0.3 is 9.80 Å². The maximum Gasteiger partial charge on any atom is 0.245 e. The lowest BCUT2D eigenvalue weighted by Crippen LogP contribution is -2.48. The number of hydrogen-bond donors (Lipinski definition) is 0. The van der Waals surface area contributed by atoms with Gasteiger partial charge in [-0.25, -0.2) is 0 Å². The third-order valence-electron chi connectivity index (χ3n) is 4.06. The molecule has 1 atom stereocenters. The van der Waals surface area contributed by atoms with Crippen molar-refractivity contribution in [3.05, 3.63) is 22.4 Å². The molecule has 4 nitrogen and oxygen atoms in total. The van der Waals surface area contributed by atoms with Gasteiger partial charge in [-0.3, -0.25) is 9.59 Å². The summed E-state index contributed by atoms with van der Waals surface area (Å²) in [5, 5.41) is 1.99. The van der Waals surface area contributed by atoms with Crippen molar-refractivity contribution >= 4 is 23.2 Å². The molecule has 0 aromatic carbocycles. The summed E-state index contributed by atoms with van der Waals surface area (Å²) >= 11 is 1.60. The Balaban J connectivity index is 2.02. The average molecular weight is 322 g/mol. The van der Waals surface area contributed by atoms with E-state index in [-0.39, 0.29) is 17.9 Å². The second-order valence-electron chi connectivity index (χ2n) is 5.83. The van der Waals surface area contributed by atoms with Crippen LogP contribution in [0.5, 0.6) is 0 Å². The topological polar surface area (TPSA) is 40.6 Å². The zero-order chi connectivity index (χ0) is 15.9. The van der Waals surface area contributed by atoms with Gasteiger partial charge in [0.25, 0.3) is 0 Å². The number of rotatable bonds is 7. The minimum Gasteiger partial charge on any atom is -0.341 e. The van der Waals surface area contributed by atoms with E-state index in [1.54, 1.807) is 16.2 Å². The second kappa shape index (κ2) is 8.32. The SMILES string of the molecule is CCCN(CCC)C(=O)C1CCCN1C(=O)Cc1cccs1. The van der Waals surface area contributed by atoms with Crippen LogP contribution in [-0.4, -0.2) is 47.3 Å². The van der Waals surface area contributed by atoms with Gasteiger partial charge in [-0.15, -0.1) is 11.3 Å². The van der Waals surface area contributed by atoms with Gasteiger partial charge in [-0.2, -0.15) is 0 Å². The van der Waals surface area contributed by atoms with E-state index in [1.165, 1.54) is 0 Å². The molecule has 2 heterocycles. The minimum atomic E-state index is -0.245. The van der Waals surface area contributed by atoms with Crippen molar-refractivity contribution in [3.8, 4) is 0 Å². The molecule has 1 saturated heterocycles. The van der Waals surface area contributed by atoms with Crippen molar-refractivity contribution in [1.82, 2.24) is 9.80 Å². The highest BCUT2D eigenvalue weighted by molar-refractivity contribution is 7.10. The predicted octanol–water partition coefficient (Wildman–Crippen LogP) is 2.93. The van der Waals surface area contributed by atoms with Crippen molar-refractivity contribution in [2.45, 2.75) is 52.0 Å². The third-order valence-corrected chi connectivity index (χ3v) is 4.94. The number of amides is 2. The Kier molecular flexibility index (Phi) is 6.43. The Morgan fingerprint density at radius 3 is 2.64 bits per heavy atom. The monoisotopic (exact) mass is 322 g/mol. The molecule has 0 spiro atoms. The van der Waals surface area contributed by atoms with Gasteiger partial charge >= 0.3 is 0 Å². The second-order valence-corrected chi connectivity index (χ2v) is 6.86. The van der Waals surface area contributed by atoms with Crippen LogP contribution in [0.25, 0.3) is 0 Å². The predicted molar refractivity (Wildman–Crippen MR) is 89.9 cm³/mol. The molecule has 0 radical (unpaired) electrons. The molecular formula is C17H26N2O2S. The summed E-state index contributed by atoms with van der Waals surface area (Å²) < 4.78 is 0. The molecule has 2 amide bonds. The third kappa shape index (κ3) is 4.09. The molecular weight excluding hydrogens is 296 g/mol. The normalized spacial score (nSPS) is 17.7. The van der Waals surface area contributed by atoms with E-state index in [1.807, 2.05) is 22.4 Å². The minimum absolute atomic E-state index is 0.0891. The van der Waals surface area contributed by atoms with E-state index in [9.17, 15) is 9.59 Å². The van der Waals surface area contributed by atoms with Crippen molar-refractivity contribution < 1.29 is 9.59 Å². The van der Waals surface area contributed by atoms with E-state index in [0.29, 0.717) is 13.0 Å². The Bertz CT molecular complexity index is 481. The van der Waals surface area contributed by atoms with Gasteiger partial charge in [0.1, 0.15) is 6.04 Å². The highest BCUT2D eigenvalue weighted by Crippen LogP contribution is 2.22. The molecule has 1 aromatic rings. The summed E-state index contributed by atoms with van der Waals surface area (Å²) in [7, 11) is 0. The first-order valence-electron chi connectivity index (χ1n) is 8.28. The Hall–Kier alpha value is -1.36. The molecule has 122 valence electrons. The quantitative estimate of drug-likeness (QED) is 0.774. The van der Waals surface area contributed by atoms with E-state index in [4.69, 9.17) is 0 Å². The molecule has 2 rings (SSSR count). The van der Waals surface area contributed by atoms with E-state index < -0.39 is 0 Å². The largest absolute Gasteiger partial charge is 0.341 e. The molecule has 1 fully saturated rings. The fraction of sp³-hybridized carbons (Fsp3) is 0.647. The number of likely N-dealkylation sites (tertiary alicyclic amines) is 1. The van der Waals surface area contributed by atoms with Crippen LogP contribution in [0.3, 0.4) is 0 Å². The first-order valence-corrected chi connectivity index (χ1v) is 9.16. The first-order chi connectivity index (χ1) is 10.7. The van der Waals surface area contributed by atoms with Crippen LogP contribution in [-0.2, 0) is 16.0 Å². The molecule has 0 bridgehead atoms. The van der Waals surface area contributed by atoms with E-state index >= 15 is 0 Å². The number of nitrogens with zero attached hydrogens (tertiary/aromatic N) is 2. The van der Waals surface area contributed by atoms with Gasteiger partial charge in [0.15, 0.2) is 0 Å². The van der Waals surface area contributed by atoms with Crippen molar-refractivity contribution in [2.24, 2.45) is 0 Å². The standard InChI is InChI=1S/C17H26N2O2S/c1-3-9-18(10-4-2)17(21)15-8-5-11-19(15)16(20)13-14-7-6-12-22-14/h6-7,12,15H,3-5,8-11,13H2,1-2H3. The summed E-state index contributed by atoms with van der Waals surface area (Å²) in [4.78, 5) is 30.1. The zero-order valence-corrected chi connectivity index (χ0v) is 14.4. The molecule has 0 aliphatic carbocycles. The smallest absolute Gasteiger partial charge is 0.245 e. The first kappa shape index (κ1) is 17.0. The zero-order valence-electron chi connectivity index (χ0n) is 13.6. The van der Waals surface area contributed by atoms with Crippen LogP contribution in [0, 0.1) is 0 Å². The highest BCUT2D eigenvalue weighted by Gasteiger charge is 2.35. The van der Waals surface area contributed by atoms with E-state index in [2.05, 4.69) is 13.8 Å². The van der Waals surface area contributed by atoms with Crippen molar-refractivity contribution in [2.75, 3.05) is 19.6 Å². The summed E-state index contributed by atoms with van der Waals surface area (Å²) in [6.07, 6.45) is 4.07. The lowest BCUT2D eigenvalue weighted by atomic mass is 10.1. The Morgan fingerprint density at radius 1 is 1.32 bits per heavy atom. The van der Waals surface area contributed by atoms with Crippen molar-refractivity contribution in [1.29, 1.82) is 0 Å². The Labute approximate surface area is 137 Å². The number of carbonyl (C=O) groups is 2. The summed E-state index contributed by atoms with van der Waals surface area (Å²) in [6.45, 7) is 6.47. The van der Waals surface area contributed by atoms with E-state index in [0.717, 1.165) is 43.6 Å². The highest BCUT2D eigenvalue weighted by atomic mass is 32.1. The maximum atomic E-state index is 12.8. The van der Waals surface area contributed by atoms with Gasteiger partial charge in [0, 0.05) is 24.5 Å². The summed E-state index contributed by atoms with van der Waals surface area (Å²) in [5.41, 5.74) is 0. The Morgan fingerprint density at radius 2 is 2.05 bits per heavy atom. The fourth-order valence-corrected chi connectivity index (χ4v) is 3.76. The van der Waals surface area contributed by atoms with Crippen molar-refractivity contribution in [3.63, 3.8) is 0 Å². The van der Waals surface area contributed by atoms with Crippen LogP contribution < -0.4 is 0 Å². The van der Waals surface area contributed by atoms with Crippen LogP contribution in [0.4, 0.5) is 0 Å². The number of hydrogen-bond acceptors (Lipinski definition) is 3. The lowest BCUT2D eigenvalue weighted by Gasteiger charge is -2.30. The number of thiophene rings is 1. The lowest BCUT2D eigenvalue weighted by molar-refractivity contribution is -0.143. The molecule has 1 unspecified atom stereocenters. The molecule has 1 aliphatic heterocycles. The average Bonchev–Trinajstić information content (AvgIpc) is 3.17. The van der Waals surface area contributed by atoms with Crippen LogP contribution >= 0.6 is 11.3 Å². The molecule has 1 aliphatic rings. The fourth-order valence-electron chi connectivity index (χ4n) is 3.07. The van der Waals surface area contributed by atoms with Crippen LogP contribution in [0.2, 0.25) is 0 Å². The summed E-state index contributed by atoms with van der Waals surface area (Å²) in [6, 6.07) is 3.70. The molecule has 5 heteroatoms. The molecule has 22 heavy (non-hydrogen) atoms. The van der Waals surface area contributed by atoms with Gasteiger partial charge in [-0.1, -0.05) is 19.9 Å². The maximum absolute atomic E-state index is 12.8. The van der Waals surface area contributed by atoms with Gasteiger partial charge in [0.05, 0.1) is 6.42 Å². The molecule has 1 aromatic heterocycles. The van der Waals surface area contributed by atoms with Gasteiger partial charge in [-0.05, 0) is 37.1 Å². The van der Waals surface area contributed by atoms with Crippen LogP contribution in [0.15, 0.2) is 17.5 Å². The van der Waals surface area contributed by atoms with Crippen LogP contribution in [0.1, 0.15) is 44.4 Å². The summed E-state index contributed by atoms with van der Waals surface area (Å²) in [5.74, 6) is 0.229. The molecule has 0 N–H and O–H groups in total.